The molecule has 1 aromatic heterocycles. The van der Waals surface area contributed by atoms with E-state index in [1.165, 1.54) is 5.56 Å². The van der Waals surface area contributed by atoms with E-state index in [1.54, 1.807) is 6.07 Å². The van der Waals surface area contributed by atoms with E-state index < -0.39 is 0 Å². The summed E-state index contributed by atoms with van der Waals surface area (Å²) >= 11 is 3.37. The van der Waals surface area contributed by atoms with E-state index in [0.717, 1.165) is 10.0 Å². The second-order valence-electron chi connectivity index (χ2n) is 5.36. The molecule has 0 saturated carbocycles. The van der Waals surface area contributed by atoms with Gasteiger partial charge in [-0.15, -0.1) is 0 Å². The number of carbonyl (C=O) groups is 1. The zero-order valence-electron chi connectivity index (χ0n) is 13.1. The van der Waals surface area contributed by atoms with Gasteiger partial charge in [0, 0.05) is 23.0 Å². The summed E-state index contributed by atoms with van der Waals surface area (Å²) in [5.41, 5.74) is 2.69. The van der Waals surface area contributed by atoms with Crippen molar-refractivity contribution in [3.05, 3.63) is 70.0 Å². The fourth-order valence-electron chi connectivity index (χ4n) is 2.20. The van der Waals surface area contributed by atoms with Crippen molar-refractivity contribution in [3.8, 4) is 11.4 Å². The number of aromatic nitrogens is 2. The topological polar surface area (TPSA) is 68.0 Å². The van der Waals surface area contributed by atoms with Crippen molar-refractivity contribution in [2.24, 2.45) is 0 Å². The summed E-state index contributed by atoms with van der Waals surface area (Å²) < 4.78 is 6.00. The standard InChI is InChI=1S/C18H16BrN3O2/c1-12-6-8-13(9-7-12)17-21-16(24-22-17)10-11-20-18(23)14-4-2-3-5-15(14)19/h2-9H,10-11H2,1H3,(H,20,23). The monoisotopic (exact) mass is 385 g/mol. The van der Waals surface area contributed by atoms with Gasteiger partial charge in [0.2, 0.25) is 11.7 Å². The molecule has 1 heterocycles. The smallest absolute Gasteiger partial charge is 0.252 e. The average Bonchev–Trinajstić information content (AvgIpc) is 3.04. The van der Waals surface area contributed by atoms with Crippen LogP contribution in [-0.2, 0) is 6.42 Å². The molecule has 122 valence electrons. The maximum absolute atomic E-state index is 12.1. The summed E-state index contributed by atoms with van der Waals surface area (Å²) in [7, 11) is 0. The lowest BCUT2D eigenvalue weighted by Crippen LogP contribution is -2.26. The van der Waals surface area contributed by atoms with E-state index in [4.69, 9.17) is 4.52 Å². The van der Waals surface area contributed by atoms with Crippen molar-refractivity contribution < 1.29 is 9.32 Å². The van der Waals surface area contributed by atoms with Gasteiger partial charge in [0.05, 0.1) is 5.56 Å². The number of nitrogens with zero attached hydrogens (tertiary/aromatic N) is 2. The molecule has 0 bridgehead atoms. The Morgan fingerprint density at radius 3 is 2.67 bits per heavy atom. The zero-order chi connectivity index (χ0) is 16.9. The van der Waals surface area contributed by atoms with Crippen molar-refractivity contribution in [1.29, 1.82) is 0 Å². The predicted octanol–water partition coefficient (Wildman–Crippen LogP) is 3.78. The lowest BCUT2D eigenvalue weighted by Gasteiger charge is -2.05. The molecule has 2 aromatic carbocycles. The van der Waals surface area contributed by atoms with Crippen molar-refractivity contribution in [1.82, 2.24) is 15.5 Å². The van der Waals surface area contributed by atoms with Crippen LogP contribution in [0.15, 0.2) is 57.5 Å². The Morgan fingerprint density at radius 1 is 1.17 bits per heavy atom. The van der Waals surface area contributed by atoms with Gasteiger partial charge >= 0.3 is 0 Å². The summed E-state index contributed by atoms with van der Waals surface area (Å²) in [4.78, 5) is 16.5. The van der Waals surface area contributed by atoms with E-state index >= 15 is 0 Å². The van der Waals surface area contributed by atoms with Gasteiger partial charge in [-0.25, -0.2) is 0 Å². The number of benzene rings is 2. The normalized spacial score (nSPS) is 10.6. The lowest BCUT2D eigenvalue weighted by atomic mass is 10.1. The highest BCUT2D eigenvalue weighted by Gasteiger charge is 2.11. The Balaban J connectivity index is 1.57. The first-order chi connectivity index (χ1) is 11.6. The molecule has 24 heavy (non-hydrogen) atoms. The highest BCUT2D eigenvalue weighted by molar-refractivity contribution is 9.10. The van der Waals surface area contributed by atoms with Crippen LogP contribution in [0.2, 0.25) is 0 Å². The molecule has 6 heteroatoms. The van der Waals surface area contributed by atoms with Crippen LogP contribution >= 0.6 is 15.9 Å². The third kappa shape index (κ3) is 3.89. The molecule has 0 radical (unpaired) electrons. The maximum atomic E-state index is 12.1. The Morgan fingerprint density at radius 2 is 1.92 bits per heavy atom. The van der Waals surface area contributed by atoms with Gasteiger partial charge in [0.15, 0.2) is 0 Å². The van der Waals surface area contributed by atoms with Crippen molar-refractivity contribution >= 4 is 21.8 Å². The number of rotatable bonds is 5. The molecule has 0 aliphatic carbocycles. The molecule has 0 unspecified atom stereocenters. The number of hydrogen-bond acceptors (Lipinski definition) is 4. The van der Waals surface area contributed by atoms with Gasteiger partial charge in [0.1, 0.15) is 0 Å². The average molecular weight is 386 g/mol. The summed E-state index contributed by atoms with van der Waals surface area (Å²) in [6.45, 7) is 2.45. The van der Waals surface area contributed by atoms with Crippen LogP contribution in [0.5, 0.6) is 0 Å². The van der Waals surface area contributed by atoms with Crippen LogP contribution < -0.4 is 5.32 Å². The van der Waals surface area contributed by atoms with Crippen LogP contribution in [0.3, 0.4) is 0 Å². The van der Waals surface area contributed by atoms with Gasteiger partial charge in [-0.2, -0.15) is 4.98 Å². The molecule has 3 aromatic rings. The summed E-state index contributed by atoms with van der Waals surface area (Å²) in [6, 6.07) is 15.2. The Labute approximate surface area is 148 Å². The van der Waals surface area contributed by atoms with Gasteiger partial charge < -0.3 is 9.84 Å². The number of nitrogens with one attached hydrogen (secondary N) is 1. The fraction of sp³-hybridized carbons (Fsp3) is 0.167. The largest absolute Gasteiger partial charge is 0.351 e. The molecule has 1 N–H and O–H groups in total. The maximum Gasteiger partial charge on any atom is 0.252 e. The van der Waals surface area contributed by atoms with E-state index in [0.29, 0.717) is 30.2 Å². The fourth-order valence-corrected chi connectivity index (χ4v) is 2.66. The summed E-state index contributed by atoms with van der Waals surface area (Å²) in [5, 5.41) is 6.83. The van der Waals surface area contributed by atoms with Crippen LogP contribution in [-0.4, -0.2) is 22.6 Å². The van der Waals surface area contributed by atoms with E-state index in [-0.39, 0.29) is 5.91 Å². The van der Waals surface area contributed by atoms with Gasteiger partial charge in [-0.3, -0.25) is 4.79 Å². The Bertz CT molecular complexity index is 843. The number of amides is 1. The second kappa shape index (κ2) is 7.40. The zero-order valence-corrected chi connectivity index (χ0v) is 14.7. The molecule has 0 spiro atoms. The molecular weight excluding hydrogens is 370 g/mol. The lowest BCUT2D eigenvalue weighted by molar-refractivity contribution is 0.0952. The van der Waals surface area contributed by atoms with Crippen molar-refractivity contribution in [3.63, 3.8) is 0 Å². The Kier molecular flexibility index (Phi) is 5.05. The molecule has 0 atom stereocenters. The number of aryl methyl sites for hydroxylation is 1. The summed E-state index contributed by atoms with van der Waals surface area (Å²) in [5.74, 6) is 0.917. The minimum Gasteiger partial charge on any atom is -0.351 e. The third-order valence-electron chi connectivity index (χ3n) is 3.52. The molecule has 0 aliphatic rings. The minimum atomic E-state index is -0.138. The van der Waals surface area contributed by atoms with E-state index in [1.807, 2.05) is 49.4 Å². The molecule has 0 fully saturated rings. The minimum absolute atomic E-state index is 0.138. The highest BCUT2D eigenvalue weighted by atomic mass is 79.9. The van der Waals surface area contributed by atoms with Crippen LogP contribution in [0.4, 0.5) is 0 Å². The predicted molar refractivity (Wildman–Crippen MR) is 94.7 cm³/mol. The molecular formula is C18H16BrN3O2. The number of hydrogen-bond donors (Lipinski definition) is 1. The number of carbonyl (C=O) groups excluding carboxylic acids is 1. The van der Waals surface area contributed by atoms with Crippen LogP contribution in [0.1, 0.15) is 21.8 Å². The van der Waals surface area contributed by atoms with Crippen molar-refractivity contribution in [2.75, 3.05) is 6.54 Å². The van der Waals surface area contributed by atoms with Crippen LogP contribution in [0, 0.1) is 6.92 Å². The molecule has 0 aliphatic heterocycles. The first kappa shape index (κ1) is 16.4. The first-order valence-corrected chi connectivity index (χ1v) is 8.35. The van der Waals surface area contributed by atoms with E-state index in [2.05, 4.69) is 31.4 Å². The van der Waals surface area contributed by atoms with Gasteiger partial charge in [0.25, 0.3) is 5.91 Å². The molecule has 0 saturated heterocycles. The van der Waals surface area contributed by atoms with Crippen molar-refractivity contribution in [2.45, 2.75) is 13.3 Å². The third-order valence-corrected chi connectivity index (χ3v) is 4.21. The summed E-state index contributed by atoms with van der Waals surface area (Å²) in [6.07, 6.45) is 0.481. The van der Waals surface area contributed by atoms with Gasteiger partial charge in [-0.1, -0.05) is 47.1 Å². The number of halogens is 1. The Hall–Kier alpha value is -2.47. The first-order valence-electron chi connectivity index (χ1n) is 7.56. The van der Waals surface area contributed by atoms with Gasteiger partial charge in [-0.05, 0) is 35.0 Å². The molecule has 5 nitrogen and oxygen atoms in total. The molecule has 1 amide bonds. The molecule has 3 rings (SSSR count). The second-order valence-corrected chi connectivity index (χ2v) is 6.22. The van der Waals surface area contributed by atoms with Crippen LogP contribution in [0.25, 0.3) is 11.4 Å². The SMILES string of the molecule is Cc1ccc(-c2noc(CCNC(=O)c3ccccc3Br)n2)cc1. The highest BCUT2D eigenvalue weighted by Crippen LogP contribution is 2.17. The quantitative estimate of drug-likeness (QED) is 0.725. The van der Waals surface area contributed by atoms with E-state index in [9.17, 15) is 4.79 Å².